The van der Waals surface area contributed by atoms with Gasteiger partial charge in [0.05, 0.1) is 64.0 Å². The molecule has 1 saturated heterocycles. The Hall–Kier alpha value is -4.67. The van der Waals surface area contributed by atoms with Crippen molar-refractivity contribution in [2.75, 3.05) is 41.5 Å². The second-order valence-electron chi connectivity index (χ2n) is 14.1. The van der Waals surface area contributed by atoms with Gasteiger partial charge in [0, 0.05) is 38.8 Å². The molecule has 3 aromatic carbocycles. The summed E-state index contributed by atoms with van der Waals surface area (Å²) in [4.78, 5) is 26.7. The lowest BCUT2D eigenvalue weighted by molar-refractivity contribution is -0.0808. The van der Waals surface area contributed by atoms with E-state index in [1.165, 1.54) is 6.20 Å². The molecule has 1 fully saturated rings. The fraction of sp³-hybridized carbons (Fsp3) is 0.429. The molecule has 0 amide bonds. The first kappa shape index (κ1) is 42.5. The minimum Gasteiger partial charge on any atom is -0.497 e. The quantitative estimate of drug-likeness (QED) is 0.0332. The highest BCUT2D eigenvalue weighted by Gasteiger charge is 2.45. The first-order valence-electron chi connectivity index (χ1n) is 18.7. The molecule has 1 aliphatic heterocycles. The van der Waals surface area contributed by atoms with Crippen molar-refractivity contribution < 1.29 is 28.0 Å². The highest BCUT2D eigenvalue weighted by Crippen LogP contribution is 2.51. The number of aromatic nitrogens is 2. The van der Waals surface area contributed by atoms with E-state index < -0.39 is 32.4 Å². The molecule has 5 rings (SSSR count). The Kier molecular flexibility index (Phi) is 15.1. The van der Waals surface area contributed by atoms with Crippen LogP contribution in [0, 0.1) is 11.3 Å². The van der Waals surface area contributed by atoms with Crippen LogP contribution >= 0.6 is 8.53 Å². The predicted octanol–water partition coefficient (Wildman–Crippen LogP) is 7.51. The molecule has 4 atom stereocenters. The van der Waals surface area contributed by atoms with Crippen molar-refractivity contribution in [3.05, 3.63) is 118 Å². The number of nitrogens with zero attached hydrogens (tertiary/aromatic N) is 5. The molecule has 0 spiro atoms. The van der Waals surface area contributed by atoms with Gasteiger partial charge in [-0.3, -0.25) is 9.78 Å². The van der Waals surface area contributed by atoms with Gasteiger partial charge in [-0.25, -0.2) is 14.6 Å². The molecule has 4 unspecified atom stereocenters. The Morgan fingerprint density at radius 3 is 2.07 bits per heavy atom. The molecular formula is C42H53N6O7P. The van der Waals surface area contributed by atoms with Crippen molar-refractivity contribution in [3.63, 3.8) is 0 Å². The number of methoxy groups -OCH3 is 2. The van der Waals surface area contributed by atoms with E-state index >= 15 is 0 Å². The molecule has 0 bridgehead atoms. The normalized spacial score (nSPS) is 17.8. The van der Waals surface area contributed by atoms with Crippen LogP contribution in [0.4, 0.5) is 5.95 Å². The molecule has 2 heterocycles. The van der Waals surface area contributed by atoms with Crippen molar-refractivity contribution in [1.29, 1.82) is 5.26 Å². The average molecular weight is 785 g/mol. The number of nitriles is 1. The van der Waals surface area contributed by atoms with Crippen LogP contribution in [0.25, 0.3) is 0 Å². The van der Waals surface area contributed by atoms with Gasteiger partial charge < -0.3 is 32.9 Å². The van der Waals surface area contributed by atoms with E-state index in [1.807, 2.05) is 93.0 Å². The van der Waals surface area contributed by atoms with Crippen molar-refractivity contribution in [2.45, 2.75) is 76.5 Å². The maximum absolute atomic E-state index is 13.5. The second kappa shape index (κ2) is 20.0. The topological polar surface area (TPSA) is 144 Å². The van der Waals surface area contributed by atoms with E-state index in [9.17, 15) is 10.1 Å². The number of hydrogen-bond acceptors (Lipinski definition) is 11. The largest absolute Gasteiger partial charge is 0.497 e. The second-order valence-corrected chi connectivity index (χ2v) is 15.5. The van der Waals surface area contributed by atoms with Crippen LogP contribution in [0.3, 0.4) is 0 Å². The van der Waals surface area contributed by atoms with E-state index in [0.717, 1.165) is 16.7 Å². The first-order valence-corrected chi connectivity index (χ1v) is 19.8. The molecule has 4 aromatic rings. The highest BCUT2D eigenvalue weighted by molar-refractivity contribution is 7.44. The molecule has 56 heavy (non-hydrogen) atoms. The fourth-order valence-corrected chi connectivity index (χ4v) is 8.48. The maximum atomic E-state index is 13.5. The molecule has 13 nitrogen and oxygen atoms in total. The van der Waals surface area contributed by atoms with Crippen molar-refractivity contribution in [2.24, 2.45) is 4.99 Å². The van der Waals surface area contributed by atoms with Crippen LogP contribution in [-0.2, 0) is 24.1 Å². The average Bonchev–Trinajstić information content (AvgIpc) is 3.59. The summed E-state index contributed by atoms with van der Waals surface area (Å²) in [6.07, 6.45) is 1.72. The number of nitrogens with one attached hydrogen (secondary N) is 1. The Morgan fingerprint density at radius 2 is 1.55 bits per heavy atom. The predicted molar refractivity (Wildman–Crippen MR) is 217 cm³/mol. The number of rotatable bonds is 19. The fourth-order valence-electron chi connectivity index (χ4n) is 6.73. The van der Waals surface area contributed by atoms with Crippen molar-refractivity contribution in [3.8, 4) is 17.6 Å². The Labute approximate surface area is 331 Å². The van der Waals surface area contributed by atoms with Crippen LogP contribution in [0.2, 0.25) is 0 Å². The summed E-state index contributed by atoms with van der Waals surface area (Å²) in [7, 11) is 5.28. The molecule has 0 radical (unpaired) electrons. The van der Waals surface area contributed by atoms with Gasteiger partial charge in [0.1, 0.15) is 23.2 Å². The third kappa shape index (κ3) is 10.2. The summed E-state index contributed by atoms with van der Waals surface area (Å²) in [5, 5.41) is 9.34. The van der Waals surface area contributed by atoms with E-state index in [2.05, 4.69) is 53.4 Å². The molecule has 0 saturated carbocycles. The summed E-state index contributed by atoms with van der Waals surface area (Å²) in [6.45, 7) is 8.62. The summed E-state index contributed by atoms with van der Waals surface area (Å²) < 4.78 is 40.5. The molecule has 298 valence electrons. The number of ether oxygens (including phenoxy) is 4. The molecular weight excluding hydrogens is 731 g/mol. The zero-order chi connectivity index (χ0) is 40.2. The zero-order valence-electron chi connectivity index (χ0n) is 33.4. The lowest BCUT2D eigenvalue weighted by Crippen LogP contribution is -2.39. The number of hydrogen-bond donors (Lipinski definition) is 1. The number of aliphatic imine (C=N–C) groups is 1. The van der Waals surface area contributed by atoms with Gasteiger partial charge in [-0.15, -0.1) is 0 Å². The van der Waals surface area contributed by atoms with Gasteiger partial charge in [-0.1, -0.05) is 54.6 Å². The van der Waals surface area contributed by atoms with Crippen LogP contribution in [0.5, 0.6) is 11.5 Å². The molecule has 0 aliphatic carbocycles. The summed E-state index contributed by atoms with van der Waals surface area (Å²) >= 11 is 0. The van der Waals surface area contributed by atoms with Crippen LogP contribution in [0.1, 0.15) is 68.9 Å². The molecule has 1 N–H and O–H groups in total. The highest BCUT2D eigenvalue weighted by atomic mass is 31.2. The molecule has 1 aliphatic rings. The molecule has 1 aromatic heterocycles. The Bertz CT molecular complexity index is 1900. The molecule has 14 heteroatoms. The van der Waals surface area contributed by atoms with Gasteiger partial charge >= 0.3 is 0 Å². The van der Waals surface area contributed by atoms with Crippen LogP contribution < -0.4 is 15.0 Å². The van der Waals surface area contributed by atoms with Crippen LogP contribution in [-0.4, -0.2) is 91.7 Å². The summed E-state index contributed by atoms with van der Waals surface area (Å²) in [5.41, 5.74) is 1.50. The standard InChI is InChI=1S/C42H53N6O7P/c1-29(2)48(30(3)4)56(53-24-12-23-43)55-38-25-37(36-26-44-41(46-40(36)49)45-28-47(5)6)54-39(38)27-52-42(31-13-10-9-11-14-31,32-15-19-34(50-7)20-16-32)33-17-21-35(51-8)22-18-33/h9-11,13-22,26,28-30,37-39H,12,24-25,27H2,1-8H3,(H,44,46,49). The van der Waals surface area contributed by atoms with E-state index in [-0.39, 0.29) is 43.2 Å². The Morgan fingerprint density at radius 1 is 0.964 bits per heavy atom. The number of H-pyrrole nitrogens is 1. The van der Waals surface area contributed by atoms with Crippen molar-refractivity contribution in [1.82, 2.24) is 19.5 Å². The minimum absolute atomic E-state index is 0.0649. The third-order valence-corrected chi connectivity index (χ3v) is 11.5. The lowest BCUT2D eigenvalue weighted by atomic mass is 9.80. The minimum atomic E-state index is -1.65. The first-order chi connectivity index (χ1) is 27.0. The smallest absolute Gasteiger partial charge is 0.259 e. The van der Waals surface area contributed by atoms with E-state index in [4.69, 9.17) is 28.0 Å². The monoisotopic (exact) mass is 784 g/mol. The Balaban J connectivity index is 1.59. The number of benzene rings is 3. The SMILES string of the molecule is COc1ccc(C(OCC2OC(c3cnc(N=CN(C)C)[nH]c3=O)CC2OP(OCCC#N)N(C(C)C)C(C)C)(c2ccccc2)c2ccc(OC)cc2)cc1. The maximum Gasteiger partial charge on any atom is 0.259 e. The van der Waals surface area contributed by atoms with Gasteiger partial charge in [0.15, 0.2) is 0 Å². The van der Waals surface area contributed by atoms with Gasteiger partial charge in [-0.05, 0) is 68.7 Å². The van der Waals surface area contributed by atoms with E-state index in [1.54, 1.807) is 25.5 Å². The van der Waals surface area contributed by atoms with Gasteiger partial charge in [-0.2, -0.15) is 5.26 Å². The van der Waals surface area contributed by atoms with Gasteiger partial charge in [0.2, 0.25) is 5.95 Å². The summed E-state index contributed by atoms with van der Waals surface area (Å²) in [6, 6.07) is 28.0. The summed E-state index contributed by atoms with van der Waals surface area (Å²) in [5.74, 6) is 1.61. The lowest BCUT2D eigenvalue weighted by Gasteiger charge is -2.39. The van der Waals surface area contributed by atoms with Crippen molar-refractivity contribution >= 4 is 20.8 Å². The van der Waals surface area contributed by atoms with Gasteiger partial charge in [0.25, 0.3) is 14.1 Å². The zero-order valence-corrected chi connectivity index (χ0v) is 34.3. The third-order valence-electron chi connectivity index (χ3n) is 9.30. The van der Waals surface area contributed by atoms with Crippen LogP contribution in [0.15, 0.2) is 94.8 Å². The van der Waals surface area contributed by atoms with E-state index in [0.29, 0.717) is 23.5 Å². The number of aromatic amines is 1.